The Bertz CT molecular complexity index is 264. The second kappa shape index (κ2) is 3.42. The number of rotatable bonds is 2. The second-order valence-electron chi connectivity index (χ2n) is 2.97. The zero-order valence-corrected chi connectivity index (χ0v) is 7.32. The molecule has 0 saturated carbocycles. The highest BCUT2D eigenvalue weighted by Gasteiger charge is 2.28. The minimum absolute atomic E-state index is 0.0443. The van der Waals surface area contributed by atoms with E-state index in [1.54, 1.807) is 7.05 Å². The number of carbonyl (C=O) groups is 3. The Balaban J connectivity index is 2.51. The molecule has 0 radical (unpaired) electrons. The van der Waals surface area contributed by atoms with Crippen LogP contribution >= 0.6 is 0 Å². The van der Waals surface area contributed by atoms with Gasteiger partial charge in [-0.05, 0) is 0 Å². The molecule has 1 fully saturated rings. The number of likely N-dealkylation sites (N-methyl/N-ethyl adjacent to an activating group) is 1. The topological polar surface area (TPSA) is 83.7 Å². The van der Waals surface area contributed by atoms with Gasteiger partial charge in [-0.2, -0.15) is 0 Å². The summed E-state index contributed by atoms with van der Waals surface area (Å²) in [6.45, 7) is 0.285. The van der Waals surface area contributed by atoms with Crippen LogP contribution in [0.25, 0.3) is 0 Å². The first-order valence-corrected chi connectivity index (χ1v) is 3.80. The van der Waals surface area contributed by atoms with Crippen molar-refractivity contribution in [3.63, 3.8) is 0 Å². The van der Waals surface area contributed by atoms with Crippen molar-refractivity contribution in [1.29, 1.82) is 0 Å². The van der Waals surface area contributed by atoms with Crippen LogP contribution in [0.3, 0.4) is 0 Å². The molecule has 6 nitrogen and oxygen atoms in total. The number of nitrogens with zero attached hydrogens (tertiary/aromatic N) is 2. The van der Waals surface area contributed by atoms with Crippen molar-refractivity contribution in [3.05, 3.63) is 0 Å². The number of hydrogen-bond donors (Lipinski definition) is 1. The van der Waals surface area contributed by atoms with Gasteiger partial charge in [0.1, 0.15) is 13.0 Å². The Hall–Kier alpha value is -1.59. The monoisotopic (exact) mass is 185 g/mol. The molecule has 0 spiro atoms. The van der Waals surface area contributed by atoms with Crippen molar-refractivity contribution < 1.29 is 14.4 Å². The van der Waals surface area contributed by atoms with E-state index in [9.17, 15) is 14.4 Å². The van der Waals surface area contributed by atoms with E-state index in [0.29, 0.717) is 0 Å². The van der Waals surface area contributed by atoms with Crippen LogP contribution in [0.15, 0.2) is 0 Å². The van der Waals surface area contributed by atoms with Crippen LogP contribution in [-0.2, 0) is 14.4 Å². The van der Waals surface area contributed by atoms with Crippen LogP contribution in [0, 0.1) is 0 Å². The molecule has 13 heavy (non-hydrogen) atoms. The van der Waals surface area contributed by atoms with E-state index in [0.717, 1.165) is 0 Å². The van der Waals surface area contributed by atoms with Crippen molar-refractivity contribution in [3.8, 4) is 0 Å². The van der Waals surface area contributed by atoms with Crippen LogP contribution < -0.4 is 5.73 Å². The molecule has 1 saturated heterocycles. The molecule has 6 heteroatoms. The van der Waals surface area contributed by atoms with Gasteiger partial charge in [0, 0.05) is 7.05 Å². The van der Waals surface area contributed by atoms with Crippen LogP contribution in [0.4, 0.5) is 0 Å². The summed E-state index contributed by atoms with van der Waals surface area (Å²) in [5.41, 5.74) is 4.85. The molecule has 0 unspecified atom stereocenters. The summed E-state index contributed by atoms with van der Waals surface area (Å²) in [6.07, 6.45) is -0.332. The minimum atomic E-state index is -0.674. The van der Waals surface area contributed by atoms with Gasteiger partial charge in [0.2, 0.25) is 17.7 Å². The number of nitrogens with two attached hydrogens (primary N) is 1. The molecule has 1 rings (SSSR count). The Kier molecular flexibility index (Phi) is 2.50. The highest BCUT2D eigenvalue weighted by Crippen LogP contribution is 2.05. The highest BCUT2D eigenvalue weighted by molar-refractivity contribution is 5.98. The quantitative estimate of drug-likeness (QED) is 0.511. The average molecular weight is 185 g/mol. The molecule has 1 aliphatic rings. The van der Waals surface area contributed by atoms with Crippen LogP contribution in [0.1, 0.15) is 6.42 Å². The number of amides is 3. The van der Waals surface area contributed by atoms with Gasteiger partial charge in [-0.3, -0.25) is 14.4 Å². The molecule has 1 aliphatic heterocycles. The third-order valence-electron chi connectivity index (χ3n) is 1.81. The van der Waals surface area contributed by atoms with E-state index in [2.05, 4.69) is 0 Å². The molecular formula is C7H11N3O3. The first kappa shape index (κ1) is 9.50. The first-order valence-electron chi connectivity index (χ1n) is 3.80. The van der Waals surface area contributed by atoms with Crippen molar-refractivity contribution in [2.45, 2.75) is 6.42 Å². The van der Waals surface area contributed by atoms with Gasteiger partial charge in [-0.15, -0.1) is 0 Å². The molecule has 3 amide bonds. The molecular weight excluding hydrogens is 174 g/mol. The summed E-state index contributed by atoms with van der Waals surface area (Å²) in [6, 6.07) is 0. The standard InChI is InChI=1S/C7H11N3O3/c1-9-4-10(3-7(9)13)6(12)2-5(8)11/h2-4H2,1H3,(H2,8,11). The van der Waals surface area contributed by atoms with Crippen LogP contribution in [0.2, 0.25) is 0 Å². The molecule has 0 atom stereocenters. The Morgan fingerprint density at radius 3 is 2.54 bits per heavy atom. The summed E-state index contributed by atoms with van der Waals surface area (Å²) in [5.74, 6) is -1.20. The summed E-state index contributed by atoms with van der Waals surface area (Å²) >= 11 is 0. The number of primary amides is 1. The molecule has 0 bridgehead atoms. The fraction of sp³-hybridized carbons (Fsp3) is 0.571. The maximum Gasteiger partial charge on any atom is 0.243 e. The van der Waals surface area contributed by atoms with Crippen molar-refractivity contribution in [2.75, 3.05) is 20.3 Å². The van der Waals surface area contributed by atoms with Gasteiger partial charge in [0.25, 0.3) is 0 Å². The van der Waals surface area contributed by atoms with E-state index in [4.69, 9.17) is 5.73 Å². The fourth-order valence-corrected chi connectivity index (χ4v) is 1.10. The third-order valence-corrected chi connectivity index (χ3v) is 1.81. The van der Waals surface area contributed by atoms with E-state index in [1.807, 2.05) is 0 Å². The third kappa shape index (κ3) is 2.17. The van der Waals surface area contributed by atoms with Gasteiger partial charge in [0.15, 0.2) is 0 Å². The molecule has 72 valence electrons. The maximum atomic E-state index is 11.2. The fourth-order valence-electron chi connectivity index (χ4n) is 1.10. The van der Waals surface area contributed by atoms with Crippen molar-refractivity contribution >= 4 is 17.7 Å². The molecule has 0 aromatic rings. The van der Waals surface area contributed by atoms with E-state index in [1.165, 1.54) is 9.80 Å². The summed E-state index contributed by atoms with van der Waals surface area (Å²) in [4.78, 5) is 35.3. The van der Waals surface area contributed by atoms with Crippen molar-refractivity contribution in [2.24, 2.45) is 5.73 Å². The van der Waals surface area contributed by atoms with Gasteiger partial charge >= 0.3 is 0 Å². The molecule has 2 N–H and O–H groups in total. The highest BCUT2D eigenvalue weighted by atomic mass is 16.2. The lowest BCUT2D eigenvalue weighted by atomic mass is 10.3. The van der Waals surface area contributed by atoms with Crippen molar-refractivity contribution in [1.82, 2.24) is 9.80 Å². The first-order chi connectivity index (χ1) is 6.00. The van der Waals surface area contributed by atoms with E-state index < -0.39 is 11.8 Å². The minimum Gasteiger partial charge on any atom is -0.369 e. The lowest BCUT2D eigenvalue weighted by Crippen LogP contribution is -2.33. The molecule has 1 heterocycles. The largest absolute Gasteiger partial charge is 0.369 e. The Labute approximate surface area is 75.3 Å². The van der Waals surface area contributed by atoms with Crippen LogP contribution in [0.5, 0.6) is 0 Å². The summed E-state index contributed by atoms with van der Waals surface area (Å²) < 4.78 is 0. The normalized spacial score (nSPS) is 16.5. The van der Waals surface area contributed by atoms with Gasteiger partial charge < -0.3 is 15.5 Å². The second-order valence-corrected chi connectivity index (χ2v) is 2.97. The predicted molar refractivity (Wildman–Crippen MR) is 43.2 cm³/mol. The van der Waals surface area contributed by atoms with Crippen LogP contribution in [-0.4, -0.2) is 47.8 Å². The van der Waals surface area contributed by atoms with Gasteiger partial charge in [-0.25, -0.2) is 0 Å². The lowest BCUT2D eigenvalue weighted by Gasteiger charge is -2.13. The predicted octanol–water partition coefficient (Wildman–Crippen LogP) is -1.88. The zero-order chi connectivity index (χ0) is 10.0. The molecule has 0 aromatic carbocycles. The van der Waals surface area contributed by atoms with Gasteiger partial charge in [-0.1, -0.05) is 0 Å². The number of carbonyl (C=O) groups excluding carboxylic acids is 3. The Morgan fingerprint density at radius 2 is 2.15 bits per heavy atom. The SMILES string of the molecule is CN1CN(C(=O)CC(N)=O)CC1=O. The van der Waals surface area contributed by atoms with E-state index >= 15 is 0 Å². The summed E-state index contributed by atoms with van der Waals surface area (Å²) in [5, 5.41) is 0. The lowest BCUT2D eigenvalue weighted by molar-refractivity contribution is -0.135. The average Bonchev–Trinajstić information content (AvgIpc) is 2.31. The maximum absolute atomic E-state index is 11.2. The molecule has 0 aromatic heterocycles. The van der Waals surface area contributed by atoms with E-state index in [-0.39, 0.29) is 25.5 Å². The zero-order valence-electron chi connectivity index (χ0n) is 7.32. The summed E-state index contributed by atoms with van der Waals surface area (Å²) in [7, 11) is 1.60. The smallest absolute Gasteiger partial charge is 0.243 e. The van der Waals surface area contributed by atoms with Gasteiger partial charge in [0.05, 0.1) is 6.67 Å². The number of hydrogen-bond acceptors (Lipinski definition) is 3. The Morgan fingerprint density at radius 1 is 1.54 bits per heavy atom. The molecule has 0 aliphatic carbocycles.